The number of anilines is 2. The van der Waals surface area contributed by atoms with Gasteiger partial charge in [0, 0.05) is 50.5 Å². The number of sulfonamides is 1. The Morgan fingerprint density at radius 2 is 1.74 bits per heavy atom. The Morgan fingerprint density at radius 3 is 2.49 bits per heavy atom. The highest BCUT2D eigenvalue weighted by molar-refractivity contribution is 7.92. The average Bonchev–Trinajstić information content (AvgIpc) is 3.38. The number of hydrogen-bond donors (Lipinski definition) is 2. The van der Waals surface area contributed by atoms with Crippen LogP contribution in [-0.2, 0) is 16.4 Å². The molecule has 1 aromatic heterocycles. The standard InChI is InChI=1S/C29H33N5O3S2/c1-3-22-6-5-9-26-27(22)31-29(38-26)34-18-16-33(17-19-34)15-14-30-28(35)23-7-4-8-24(20-23)32-39(36,37)25-12-10-21(2)11-13-25/h4-13,20,32H,3,14-19H2,1-2H3,(H,30,35). The van der Waals surface area contributed by atoms with Crippen LogP contribution in [0.15, 0.2) is 71.6 Å². The van der Waals surface area contributed by atoms with Crippen molar-refractivity contribution in [3.05, 3.63) is 83.4 Å². The fourth-order valence-corrected chi connectivity index (χ4v) is 6.78. The number of aromatic nitrogens is 1. The number of carbonyl (C=O) groups excluding carboxylic acids is 1. The molecule has 1 aliphatic rings. The van der Waals surface area contributed by atoms with E-state index in [2.05, 4.69) is 45.0 Å². The summed E-state index contributed by atoms with van der Waals surface area (Å²) in [6, 6.07) is 19.6. The fourth-order valence-electron chi connectivity index (χ4n) is 4.66. The highest BCUT2D eigenvalue weighted by atomic mass is 32.2. The molecule has 0 atom stereocenters. The molecule has 0 saturated carbocycles. The van der Waals surface area contributed by atoms with Crippen LogP contribution in [0.5, 0.6) is 0 Å². The number of piperazine rings is 1. The van der Waals surface area contributed by atoms with Gasteiger partial charge in [0.1, 0.15) is 0 Å². The number of amides is 1. The van der Waals surface area contributed by atoms with Crippen LogP contribution in [-0.4, -0.2) is 63.5 Å². The zero-order valence-electron chi connectivity index (χ0n) is 22.2. The molecule has 0 spiro atoms. The van der Waals surface area contributed by atoms with Gasteiger partial charge in [0.2, 0.25) is 0 Å². The highest BCUT2D eigenvalue weighted by Crippen LogP contribution is 2.31. The summed E-state index contributed by atoms with van der Waals surface area (Å²) in [6.45, 7) is 8.94. The number of rotatable bonds is 9. The number of para-hydroxylation sites is 1. The molecule has 204 valence electrons. The van der Waals surface area contributed by atoms with Crippen molar-refractivity contribution in [2.45, 2.75) is 25.2 Å². The minimum Gasteiger partial charge on any atom is -0.351 e. The monoisotopic (exact) mass is 563 g/mol. The molecule has 8 nitrogen and oxygen atoms in total. The number of nitrogens with zero attached hydrogens (tertiary/aromatic N) is 3. The first-order valence-electron chi connectivity index (χ1n) is 13.2. The van der Waals surface area contributed by atoms with Crippen LogP contribution in [0.2, 0.25) is 0 Å². The quantitative estimate of drug-likeness (QED) is 0.311. The van der Waals surface area contributed by atoms with Crippen molar-refractivity contribution in [1.82, 2.24) is 15.2 Å². The Morgan fingerprint density at radius 1 is 1.00 bits per heavy atom. The van der Waals surface area contributed by atoms with Crippen LogP contribution in [0.1, 0.15) is 28.4 Å². The van der Waals surface area contributed by atoms with Gasteiger partial charge in [0.05, 0.1) is 15.1 Å². The molecule has 1 saturated heterocycles. The smallest absolute Gasteiger partial charge is 0.261 e. The van der Waals surface area contributed by atoms with Gasteiger partial charge in [-0.15, -0.1) is 0 Å². The summed E-state index contributed by atoms with van der Waals surface area (Å²) in [5.41, 5.74) is 4.15. The molecular formula is C29H33N5O3S2. The third-order valence-corrected chi connectivity index (χ3v) is 9.42. The summed E-state index contributed by atoms with van der Waals surface area (Å²) in [5.74, 6) is -0.230. The lowest BCUT2D eigenvalue weighted by Crippen LogP contribution is -2.48. The number of hydrogen-bond acceptors (Lipinski definition) is 7. The van der Waals surface area contributed by atoms with Gasteiger partial charge in [-0.3, -0.25) is 14.4 Å². The van der Waals surface area contributed by atoms with Gasteiger partial charge in [0.25, 0.3) is 15.9 Å². The van der Waals surface area contributed by atoms with Gasteiger partial charge in [-0.1, -0.05) is 54.2 Å². The Balaban J connectivity index is 1.11. The topological polar surface area (TPSA) is 94.6 Å². The third-order valence-electron chi connectivity index (χ3n) is 6.94. The van der Waals surface area contributed by atoms with Gasteiger partial charge in [-0.2, -0.15) is 0 Å². The maximum absolute atomic E-state index is 12.8. The minimum absolute atomic E-state index is 0.178. The van der Waals surface area contributed by atoms with E-state index in [-0.39, 0.29) is 10.8 Å². The molecule has 0 unspecified atom stereocenters. The summed E-state index contributed by atoms with van der Waals surface area (Å²) in [6.07, 6.45) is 0.980. The molecule has 2 N–H and O–H groups in total. The zero-order valence-corrected chi connectivity index (χ0v) is 23.8. The van der Waals surface area contributed by atoms with Crippen molar-refractivity contribution in [3.63, 3.8) is 0 Å². The van der Waals surface area contributed by atoms with Crippen molar-refractivity contribution in [3.8, 4) is 0 Å². The first kappa shape index (κ1) is 27.1. The molecule has 0 bridgehead atoms. The van der Waals surface area contributed by atoms with Gasteiger partial charge in [-0.05, 0) is 55.3 Å². The van der Waals surface area contributed by atoms with E-state index in [0.29, 0.717) is 17.8 Å². The zero-order chi connectivity index (χ0) is 27.4. The maximum Gasteiger partial charge on any atom is 0.261 e. The number of thiazole rings is 1. The van der Waals surface area contributed by atoms with Crippen LogP contribution in [0.25, 0.3) is 10.2 Å². The molecule has 3 aromatic carbocycles. The Labute approximate surface area is 233 Å². The predicted molar refractivity (Wildman–Crippen MR) is 158 cm³/mol. The molecule has 1 amide bonds. The number of aryl methyl sites for hydroxylation is 2. The van der Waals surface area contributed by atoms with Gasteiger partial charge in [-0.25, -0.2) is 13.4 Å². The molecule has 5 rings (SSSR count). The normalized spacial score (nSPS) is 14.5. The lowest BCUT2D eigenvalue weighted by Gasteiger charge is -2.34. The van der Waals surface area contributed by atoms with Crippen LogP contribution in [0.3, 0.4) is 0 Å². The third kappa shape index (κ3) is 6.41. The van der Waals surface area contributed by atoms with E-state index >= 15 is 0 Å². The molecule has 0 aliphatic carbocycles. The second kappa shape index (κ2) is 11.7. The van der Waals surface area contributed by atoms with E-state index in [4.69, 9.17) is 4.98 Å². The van der Waals surface area contributed by atoms with E-state index in [1.165, 1.54) is 10.3 Å². The molecular weight excluding hydrogens is 530 g/mol. The van der Waals surface area contributed by atoms with Crippen molar-refractivity contribution >= 4 is 48.3 Å². The second-order valence-corrected chi connectivity index (χ2v) is 12.4. The van der Waals surface area contributed by atoms with Crippen molar-refractivity contribution < 1.29 is 13.2 Å². The lowest BCUT2D eigenvalue weighted by atomic mass is 10.1. The van der Waals surface area contributed by atoms with Crippen LogP contribution in [0, 0.1) is 6.92 Å². The van der Waals surface area contributed by atoms with E-state index in [1.807, 2.05) is 6.92 Å². The summed E-state index contributed by atoms with van der Waals surface area (Å²) in [7, 11) is -3.74. The number of fused-ring (bicyclic) bond motifs is 1. The largest absolute Gasteiger partial charge is 0.351 e. The maximum atomic E-state index is 12.8. The molecule has 1 fully saturated rings. The number of benzene rings is 3. The van der Waals surface area contributed by atoms with E-state index < -0.39 is 10.0 Å². The Hall–Kier alpha value is -3.47. The first-order chi connectivity index (χ1) is 18.8. The van der Waals surface area contributed by atoms with Crippen molar-refractivity contribution in [1.29, 1.82) is 0 Å². The average molecular weight is 564 g/mol. The number of nitrogens with one attached hydrogen (secondary N) is 2. The molecule has 0 radical (unpaired) electrons. The van der Waals surface area contributed by atoms with Crippen molar-refractivity contribution in [2.24, 2.45) is 0 Å². The Bertz CT molecular complexity index is 1560. The Kier molecular flexibility index (Phi) is 8.15. The van der Waals surface area contributed by atoms with Crippen LogP contribution >= 0.6 is 11.3 Å². The van der Waals surface area contributed by atoms with Gasteiger partial charge < -0.3 is 10.2 Å². The first-order valence-corrected chi connectivity index (χ1v) is 15.5. The molecule has 2 heterocycles. The summed E-state index contributed by atoms with van der Waals surface area (Å²) < 4.78 is 29.2. The summed E-state index contributed by atoms with van der Waals surface area (Å²) in [4.78, 5) is 22.6. The van der Waals surface area contributed by atoms with Gasteiger partial charge >= 0.3 is 0 Å². The summed E-state index contributed by atoms with van der Waals surface area (Å²) in [5, 5.41) is 4.05. The van der Waals surface area contributed by atoms with Gasteiger partial charge in [0.15, 0.2) is 5.13 Å². The molecule has 1 aliphatic heterocycles. The highest BCUT2D eigenvalue weighted by Gasteiger charge is 2.21. The van der Waals surface area contributed by atoms with E-state index in [0.717, 1.165) is 55.4 Å². The minimum atomic E-state index is -3.74. The van der Waals surface area contributed by atoms with Crippen LogP contribution in [0.4, 0.5) is 10.8 Å². The fraction of sp³-hybridized carbons (Fsp3) is 0.310. The lowest BCUT2D eigenvalue weighted by molar-refractivity contribution is 0.0948. The van der Waals surface area contributed by atoms with E-state index in [9.17, 15) is 13.2 Å². The SMILES string of the molecule is CCc1cccc2sc(N3CCN(CCNC(=O)c4cccc(NS(=O)(=O)c5ccc(C)cc5)c4)CC3)nc12. The summed E-state index contributed by atoms with van der Waals surface area (Å²) >= 11 is 1.75. The molecule has 10 heteroatoms. The molecule has 39 heavy (non-hydrogen) atoms. The second-order valence-electron chi connectivity index (χ2n) is 9.70. The number of carbonyl (C=O) groups is 1. The van der Waals surface area contributed by atoms with E-state index in [1.54, 1.807) is 59.9 Å². The van der Waals surface area contributed by atoms with Crippen LogP contribution < -0.4 is 14.9 Å². The molecule has 4 aromatic rings. The predicted octanol–water partition coefficient (Wildman–Crippen LogP) is 4.52. The van der Waals surface area contributed by atoms with Crippen molar-refractivity contribution in [2.75, 3.05) is 48.9 Å².